The number of alkyl halides is 3. The van der Waals surface area contributed by atoms with Gasteiger partial charge >= 0.3 is 12.3 Å². The van der Waals surface area contributed by atoms with E-state index in [-0.39, 0.29) is 11.8 Å². The molecule has 2 aliphatic heterocycles. The van der Waals surface area contributed by atoms with E-state index in [2.05, 4.69) is 14.5 Å². The van der Waals surface area contributed by atoms with Crippen LogP contribution in [0, 0.1) is 5.92 Å². The third-order valence-electron chi connectivity index (χ3n) is 6.44. The third kappa shape index (κ3) is 6.69. The molecule has 190 valence electrons. The largest absolute Gasteiger partial charge is 0.437 e. The highest BCUT2D eigenvalue weighted by Crippen LogP contribution is 2.31. The molecule has 11 heteroatoms. The van der Waals surface area contributed by atoms with Crippen molar-refractivity contribution in [3.8, 4) is 0 Å². The van der Waals surface area contributed by atoms with E-state index in [1.54, 1.807) is 19.0 Å². The van der Waals surface area contributed by atoms with Crippen molar-refractivity contribution in [3.63, 3.8) is 0 Å². The van der Waals surface area contributed by atoms with Gasteiger partial charge in [0.1, 0.15) is 0 Å². The van der Waals surface area contributed by atoms with Crippen molar-refractivity contribution in [1.82, 2.24) is 14.7 Å². The van der Waals surface area contributed by atoms with E-state index in [0.717, 1.165) is 44.1 Å². The first-order valence-electron chi connectivity index (χ1n) is 11.4. The Hall–Kier alpha value is -2.20. The average Bonchev–Trinajstić information content (AvgIpc) is 2.79. The summed E-state index contributed by atoms with van der Waals surface area (Å²) in [7, 11) is 3.56. The molecule has 0 aromatic heterocycles. The summed E-state index contributed by atoms with van der Waals surface area (Å²) < 4.78 is 42.5. The van der Waals surface area contributed by atoms with Gasteiger partial charge in [0, 0.05) is 76.5 Å². The highest BCUT2D eigenvalue weighted by atomic mass is 35.5. The molecule has 2 heterocycles. The Kier molecular flexibility index (Phi) is 8.57. The van der Waals surface area contributed by atoms with Gasteiger partial charge in [0.05, 0.1) is 0 Å². The minimum absolute atomic E-state index is 0.0294. The summed E-state index contributed by atoms with van der Waals surface area (Å²) in [5.41, 5.74) is 2.12. The predicted molar refractivity (Wildman–Crippen MR) is 124 cm³/mol. The molecule has 1 aromatic rings. The second kappa shape index (κ2) is 11.0. The van der Waals surface area contributed by atoms with Gasteiger partial charge in [-0.2, -0.15) is 13.2 Å². The molecule has 3 rings (SSSR count). The molecular formula is C23H32ClF3N4O3. The molecule has 1 atom stereocenters. The fraction of sp³-hybridized carbons (Fsp3) is 0.652. The van der Waals surface area contributed by atoms with Crippen molar-refractivity contribution in [3.05, 3.63) is 28.8 Å². The van der Waals surface area contributed by atoms with Crippen LogP contribution in [0.1, 0.15) is 25.3 Å². The maximum absolute atomic E-state index is 12.7. The maximum Gasteiger partial charge on any atom is 0.425 e. The number of amides is 2. The van der Waals surface area contributed by atoms with Crippen LogP contribution in [0.5, 0.6) is 0 Å². The first-order valence-corrected chi connectivity index (χ1v) is 11.8. The van der Waals surface area contributed by atoms with Gasteiger partial charge in [-0.1, -0.05) is 17.7 Å². The number of piperazine rings is 1. The van der Waals surface area contributed by atoms with E-state index >= 15 is 0 Å². The fourth-order valence-corrected chi connectivity index (χ4v) is 4.49. The zero-order valence-electron chi connectivity index (χ0n) is 19.8. The molecule has 2 aliphatic rings. The molecule has 0 spiro atoms. The molecule has 0 bridgehead atoms. The number of hydrogen-bond acceptors (Lipinski definition) is 5. The van der Waals surface area contributed by atoms with E-state index in [4.69, 9.17) is 11.6 Å². The minimum atomic E-state index is -4.57. The Bertz CT molecular complexity index is 868. The van der Waals surface area contributed by atoms with E-state index in [9.17, 15) is 22.8 Å². The Morgan fingerprint density at radius 2 is 1.74 bits per heavy atom. The lowest BCUT2D eigenvalue weighted by molar-refractivity contribution is -0.200. The lowest BCUT2D eigenvalue weighted by atomic mass is 9.94. The quantitative estimate of drug-likeness (QED) is 0.609. The van der Waals surface area contributed by atoms with Crippen LogP contribution in [-0.2, 0) is 16.1 Å². The van der Waals surface area contributed by atoms with Crippen molar-refractivity contribution < 1.29 is 27.5 Å². The number of ether oxygens (including phenoxy) is 1. The van der Waals surface area contributed by atoms with E-state index in [1.807, 2.05) is 18.2 Å². The summed E-state index contributed by atoms with van der Waals surface area (Å²) in [6.07, 6.45) is -6.09. The van der Waals surface area contributed by atoms with Gasteiger partial charge in [0.2, 0.25) is 5.91 Å². The molecule has 2 amide bonds. The topological polar surface area (TPSA) is 56.3 Å². The Morgan fingerprint density at radius 1 is 1.12 bits per heavy atom. The molecule has 2 fully saturated rings. The Balaban J connectivity index is 1.57. The number of nitrogens with zero attached hydrogens (tertiary/aromatic N) is 4. The van der Waals surface area contributed by atoms with Crippen molar-refractivity contribution in [2.24, 2.45) is 5.92 Å². The molecule has 2 saturated heterocycles. The number of carbonyl (C=O) groups excluding carboxylic acids is 2. The molecule has 0 aliphatic carbocycles. The number of rotatable bonds is 5. The summed E-state index contributed by atoms with van der Waals surface area (Å²) >= 11 is 6.29. The SMILES string of the molecule is CC(OC(=O)N1CCN(Cc2ccc(Cl)cc2N2CCC(C(=O)N(C)C)CC2)CC1)C(F)(F)F. The fourth-order valence-electron chi connectivity index (χ4n) is 4.32. The minimum Gasteiger partial charge on any atom is -0.437 e. The van der Waals surface area contributed by atoms with Gasteiger partial charge in [-0.15, -0.1) is 0 Å². The van der Waals surface area contributed by atoms with Gasteiger partial charge in [0.15, 0.2) is 6.10 Å². The van der Waals surface area contributed by atoms with E-state index < -0.39 is 18.4 Å². The number of hydrogen-bond donors (Lipinski definition) is 0. The van der Waals surface area contributed by atoms with E-state index in [0.29, 0.717) is 37.7 Å². The monoisotopic (exact) mass is 504 g/mol. The van der Waals surface area contributed by atoms with Crippen LogP contribution in [0.2, 0.25) is 5.02 Å². The zero-order valence-corrected chi connectivity index (χ0v) is 20.5. The van der Waals surface area contributed by atoms with Crippen LogP contribution in [0.4, 0.5) is 23.7 Å². The van der Waals surface area contributed by atoms with Gasteiger partial charge < -0.3 is 19.4 Å². The van der Waals surface area contributed by atoms with Gasteiger partial charge in [-0.3, -0.25) is 9.69 Å². The molecule has 0 saturated carbocycles. The molecule has 1 unspecified atom stereocenters. The average molecular weight is 505 g/mol. The number of piperidine rings is 1. The standard InChI is InChI=1S/C23H32ClF3N4O3/c1-16(23(25,26)27)34-22(33)31-12-10-29(11-13-31)15-18-4-5-19(24)14-20(18)30-8-6-17(7-9-30)21(32)28(2)3/h4-5,14,16-17H,6-13,15H2,1-3H3. The van der Waals surface area contributed by atoms with Crippen LogP contribution >= 0.6 is 11.6 Å². The first kappa shape index (κ1) is 26.4. The van der Waals surface area contributed by atoms with Crippen LogP contribution in [0.25, 0.3) is 0 Å². The number of carbonyl (C=O) groups is 2. The van der Waals surface area contributed by atoms with Crippen LogP contribution < -0.4 is 4.90 Å². The van der Waals surface area contributed by atoms with Crippen LogP contribution in [-0.4, -0.2) is 92.3 Å². The van der Waals surface area contributed by atoms with Gasteiger partial charge in [-0.05, 0) is 37.5 Å². The predicted octanol–water partition coefficient (Wildman–Crippen LogP) is 3.85. The van der Waals surface area contributed by atoms with Crippen molar-refractivity contribution in [2.45, 2.75) is 38.6 Å². The first-order chi connectivity index (χ1) is 16.0. The van der Waals surface area contributed by atoms with Crippen molar-refractivity contribution in [1.29, 1.82) is 0 Å². The van der Waals surface area contributed by atoms with Crippen molar-refractivity contribution in [2.75, 3.05) is 58.3 Å². The third-order valence-corrected chi connectivity index (χ3v) is 6.67. The summed E-state index contributed by atoms with van der Waals surface area (Å²) in [6, 6.07) is 5.77. The smallest absolute Gasteiger partial charge is 0.425 e. The van der Waals surface area contributed by atoms with Gasteiger partial charge in [-0.25, -0.2) is 4.79 Å². The second-order valence-corrected chi connectivity index (χ2v) is 9.53. The van der Waals surface area contributed by atoms with Crippen LogP contribution in [0.15, 0.2) is 18.2 Å². The molecule has 34 heavy (non-hydrogen) atoms. The highest BCUT2D eigenvalue weighted by molar-refractivity contribution is 6.30. The normalized spacial score (nSPS) is 19.1. The van der Waals surface area contributed by atoms with E-state index in [1.165, 1.54) is 4.90 Å². The Labute approximate surface area is 203 Å². The molecular weight excluding hydrogens is 473 g/mol. The summed E-state index contributed by atoms with van der Waals surface area (Å²) in [4.78, 5) is 31.7. The molecule has 7 nitrogen and oxygen atoms in total. The second-order valence-electron chi connectivity index (χ2n) is 9.10. The number of benzene rings is 1. The van der Waals surface area contributed by atoms with Gasteiger partial charge in [0.25, 0.3) is 0 Å². The summed E-state index contributed by atoms with van der Waals surface area (Å²) in [6.45, 7) is 4.62. The molecule has 1 aromatic carbocycles. The van der Waals surface area contributed by atoms with Crippen molar-refractivity contribution >= 4 is 29.3 Å². The number of anilines is 1. The molecule has 0 radical (unpaired) electrons. The Morgan fingerprint density at radius 3 is 2.29 bits per heavy atom. The summed E-state index contributed by atoms with van der Waals surface area (Å²) in [5.74, 6) is 0.189. The number of halogens is 4. The summed E-state index contributed by atoms with van der Waals surface area (Å²) in [5, 5.41) is 0.636. The lowest BCUT2D eigenvalue weighted by Gasteiger charge is -2.37. The maximum atomic E-state index is 12.7. The zero-order chi connectivity index (χ0) is 25.0. The highest BCUT2D eigenvalue weighted by Gasteiger charge is 2.40. The lowest BCUT2D eigenvalue weighted by Crippen LogP contribution is -2.49. The van der Waals surface area contributed by atoms with Crippen LogP contribution in [0.3, 0.4) is 0 Å². The molecule has 0 N–H and O–H groups in total.